The van der Waals surface area contributed by atoms with E-state index in [1.165, 1.54) is 0 Å². The summed E-state index contributed by atoms with van der Waals surface area (Å²) in [5.74, 6) is -1.53. The van der Waals surface area contributed by atoms with Crippen LogP contribution in [0.5, 0.6) is 0 Å². The lowest BCUT2D eigenvalue weighted by Gasteiger charge is -2.04. The molecule has 86 valence electrons. The summed E-state index contributed by atoms with van der Waals surface area (Å²) in [6.07, 6.45) is -3.14. The van der Waals surface area contributed by atoms with Gasteiger partial charge in [0.1, 0.15) is 0 Å². The molecule has 5 nitrogen and oxygen atoms in total. The van der Waals surface area contributed by atoms with E-state index in [2.05, 4.69) is 0 Å². The van der Waals surface area contributed by atoms with E-state index in [1.807, 2.05) is 0 Å². The molecule has 0 spiro atoms. The first kappa shape index (κ1) is 12.3. The molecule has 0 aliphatic rings. The van der Waals surface area contributed by atoms with Gasteiger partial charge in [-0.1, -0.05) is 11.6 Å². The predicted molar refractivity (Wildman–Crippen MR) is 50.0 cm³/mol. The third-order valence-corrected chi connectivity index (χ3v) is 2.09. The van der Waals surface area contributed by atoms with Crippen molar-refractivity contribution in [2.75, 3.05) is 0 Å². The lowest BCUT2D eigenvalue weighted by Crippen LogP contribution is -2.03. The van der Waals surface area contributed by atoms with Crippen LogP contribution in [0.25, 0.3) is 0 Å². The molecule has 0 aromatic heterocycles. The molecule has 0 saturated heterocycles. The summed E-state index contributed by atoms with van der Waals surface area (Å²) in [5, 5.41) is 18.6. The van der Waals surface area contributed by atoms with Crippen molar-refractivity contribution in [3.8, 4) is 0 Å². The Morgan fingerprint density at radius 1 is 1.50 bits per heavy atom. The van der Waals surface area contributed by atoms with Gasteiger partial charge in [-0.05, 0) is 6.07 Å². The number of hydrogen-bond acceptors (Lipinski definition) is 3. The molecule has 1 rings (SSSR count). The zero-order valence-electron chi connectivity index (χ0n) is 7.49. The van der Waals surface area contributed by atoms with E-state index >= 15 is 0 Å². The molecule has 16 heavy (non-hydrogen) atoms. The van der Waals surface area contributed by atoms with Crippen molar-refractivity contribution in [2.45, 2.75) is 6.43 Å². The first-order chi connectivity index (χ1) is 7.34. The van der Waals surface area contributed by atoms with Crippen molar-refractivity contribution < 1.29 is 23.6 Å². The fourth-order valence-electron chi connectivity index (χ4n) is 1.08. The minimum atomic E-state index is -3.14. The van der Waals surface area contributed by atoms with E-state index in [0.29, 0.717) is 12.1 Å². The number of nitro benzene ring substituents is 1. The van der Waals surface area contributed by atoms with Crippen LogP contribution in [0.3, 0.4) is 0 Å². The third-order valence-electron chi connectivity index (χ3n) is 1.78. The van der Waals surface area contributed by atoms with Gasteiger partial charge < -0.3 is 5.11 Å². The summed E-state index contributed by atoms with van der Waals surface area (Å²) < 4.78 is 24.8. The first-order valence-electron chi connectivity index (χ1n) is 3.84. The van der Waals surface area contributed by atoms with Crippen LogP contribution in [-0.4, -0.2) is 16.0 Å². The molecule has 0 aliphatic carbocycles. The second kappa shape index (κ2) is 4.40. The molecule has 1 N–H and O–H groups in total. The molecular weight excluding hydrogens is 248 g/mol. The highest BCUT2D eigenvalue weighted by Crippen LogP contribution is 2.33. The fourth-order valence-corrected chi connectivity index (χ4v) is 1.32. The molecule has 0 radical (unpaired) electrons. The molecule has 0 fully saturated rings. The standard InChI is InChI=1S/C8H4ClF2NO4/c9-5-2-6(12(15)16)4(7(10)11)1-3(5)8(13)14/h1-2,7H,(H,13,14). The summed E-state index contributed by atoms with van der Waals surface area (Å²) in [5.41, 5.74) is -2.46. The van der Waals surface area contributed by atoms with Gasteiger partial charge in [0, 0.05) is 6.07 Å². The van der Waals surface area contributed by atoms with E-state index < -0.39 is 39.2 Å². The molecule has 0 saturated carbocycles. The minimum Gasteiger partial charge on any atom is -0.478 e. The van der Waals surface area contributed by atoms with Crippen LogP contribution >= 0.6 is 11.6 Å². The number of rotatable bonds is 3. The molecule has 1 aromatic carbocycles. The summed E-state index contributed by atoms with van der Waals surface area (Å²) in [6.45, 7) is 0. The average Bonchev–Trinajstić information content (AvgIpc) is 2.15. The Kier molecular flexibility index (Phi) is 3.38. The average molecular weight is 252 g/mol. The smallest absolute Gasteiger partial charge is 0.337 e. The van der Waals surface area contributed by atoms with E-state index in [0.717, 1.165) is 0 Å². The molecule has 0 heterocycles. The number of benzene rings is 1. The van der Waals surface area contributed by atoms with Crippen LogP contribution < -0.4 is 0 Å². The summed E-state index contributed by atoms with van der Waals surface area (Å²) in [4.78, 5) is 20.0. The molecule has 0 atom stereocenters. The number of halogens is 3. The number of nitro groups is 1. The van der Waals surface area contributed by atoms with E-state index in [-0.39, 0.29) is 0 Å². The largest absolute Gasteiger partial charge is 0.478 e. The van der Waals surface area contributed by atoms with Gasteiger partial charge in [-0.2, -0.15) is 0 Å². The van der Waals surface area contributed by atoms with Crippen LogP contribution in [0.15, 0.2) is 12.1 Å². The molecule has 0 unspecified atom stereocenters. The molecule has 0 aliphatic heterocycles. The monoisotopic (exact) mass is 251 g/mol. The lowest BCUT2D eigenvalue weighted by molar-refractivity contribution is -0.386. The van der Waals surface area contributed by atoms with Crippen molar-refractivity contribution in [3.63, 3.8) is 0 Å². The maximum absolute atomic E-state index is 12.4. The quantitative estimate of drug-likeness (QED) is 0.661. The highest BCUT2D eigenvalue weighted by atomic mass is 35.5. The maximum atomic E-state index is 12.4. The van der Waals surface area contributed by atoms with Crippen LogP contribution in [0, 0.1) is 10.1 Å². The van der Waals surface area contributed by atoms with Crippen LogP contribution in [-0.2, 0) is 0 Å². The Balaban J connectivity index is 3.49. The normalized spacial score (nSPS) is 10.5. The summed E-state index contributed by atoms with van der Waals surface area (Å²) in [6, 6.07) is 1.11. The van der Waals surface area contributed by atoms with Crippen molar-refractivity contribution in [2.24, 2.45) is 0 Å². The number of alkyl halides is 2. The maximum Gasteiger partial charge on any atom is 0.337 e. The van der Waals surface area contributed by atoms with Crippen molar-refractivity contribution in [3.05, 3.63) is 38.4 Å². The molecular formula is C8H4ClF2NO4. The van der Waals surface area contributed by atoms with Gasteiger partial charge in [-0.15, -0.1) is 0 Å². The Bertz CT molecular complexity index is 464. The SMILES string of the molecule is O=C(O)c1cc(C(F)F)c([N+](=O)[O-])cc1Cl. The Morgan fingerprint density at radius 2 is 2.06 bits per heavy atom. The van der Waals surface area contributed by atoms with Gasteiger partial charge in [-0.3, -0.25) is 10.1 Å². The van der Waals surface area contributed by atoms with E-state index in [1.54, 1.807) is 0 Å². The number of carbonyl (C=O) groups is 1. The van der Waals surface area contributed by atoms with Gasteiger partial charge in [-0.25, -0.2) is 13.6 Å². The summed E-state index contributed by atoms with van der Waals surface area (Å²) >= 11 is 5.41. The third kappa shape index (κ3) is 2.25. The second-order valence-corrected chi connectivity index (χ2v) is 3.16. The van der Waals surface area contributed by atoms with Gasteiger partial charge in [0.05, 0.1) is 21.1 Å². The summed E-state index contributed by atoms with van der Waals surface area (Å²) in [7, 11) is 0. The van der Waals surface area contributed by atoms with Crippen LogP contribution in [0.4, 0.5) is 14.5 Å². The number of carboxylic acids is 1. The molecule has 1 aromatic rings. The van der Waals surface area contributed by atoms with E-state index in [9.17, 15) is 23.7 Å². The van der Waals surface area contributed by atoms with Crippen LogP contribution in [0.1, 0.15) is 22.3 Å². The van der Waals surface area contributed by atoms with Gasteiger partial charge >= 0.3 is 5.97 Å². The highest BCUT2D eigenvalue weighted by Gasteiger charge is 2.25. The minimum absolute atomic E-state index is 0.455. The number of carboxylic acid groups (broad SMARTS) is 1. The van der Waals surface area contributed by atoms with Gasteiger partial charge in [0.25, 0.3) is 12.1 Å². The Morgan fingerprint density at radius 3 is 2.44 bits per heavy atom. The van der Waals surface area contributed by atoms with Gasteiger partial charge in [0.2, 0.25) is 0 Å². The van der Waals surface area contributed by atoms with Gasteiger partial charge in [0.15, 0.2) is 0 Å². The molecule has 8 heteroatoms. The Labute approximate surface area is 92.4 Å². The van der Waals surface area contributed by atoms with Crippen molar-refractivity contribution >= 4 is 23.3 Å². The number of hydrogen-bond donors (Lipinski definition) is 1. The Hall–Kier alpha value is -1.76. The van der Waals surface area contributed by atoms with Crippen molar-refractivity contribution in [1.82, 2.24) is 0 Å². The number of aromatic carboxylic acids is 1. The molecule has 0 amide bonds. The zero-order chi connectivity index (χ0) is 12.5. The van der Waals surface area contributed by atoms with Crippen LogP contribution in [0.2, 0.25) is 5.02 Å². The highest BCUT2D eigenvalue weighted by molar-refractivity contribution is 6.33. The fraction of sp³-hybridized carbons (Fsp3) is 0.125. The van der Waals surface area contributed by atoms with Crippen molar-refractivity contribution in [1.29, 1.82) is 0 Å². The lowest BCUT2D eigenvalue weighted by atomic mass is 10.1. The van der Waals surface area contributed by atoms with E-state index in [4.69, 9.17) is 16.7 Å². The topological polar surface area (TPSA) is 80.4 Å². The second-order valence-electron chi connectivity index (χ2n) is 2.75. The number of nitrogens with zero attached hydrogens (tertiary/aromatic N) is 1. The predicted octanol–water partition coefficient (Wildman–Crippen LogP) is 2.88. The molecule has 0 bridgehead atoms. The zero-order valence-corrected chi connectivity index (χ0v) is 8.24. The first-order valence-corrected chi connectivity index (χ1v) is 4.21.